The molecule has 3 heteroatoms. The Kier molecular flexibility index (Phi) is 4.06. The number of fused-ring (bicyclic) bond motifs is 1. The van der Waals surface area contributed by atoms with Gasteiger partial charge in [-0.25, -0.2) is 4.98 Å². The van der Waals surface area contributed by atoms with Crippen LogP contribution in [0.2, 0.25) is 0 Å². The van der Waals surface area contributed by atoms with Gasteiger partial charge in [-0.1, -0.05) is 19.8 Å². The van der Waals surface area contributed by atoms with Gasteiger partial charge in [0.2, 0.25) is 0 Å². The predicted octanol–water partition coefficient (Wildman–Crippen LogP) is 4.64. The zero-order valence-electron chi connectivity index (χ0n) is 13.2. The molecule has 1 heterocycles. The van der Waals surface area contributed by atoms with Gasteiger partial charge in [-0.2, -0.15) is 0 Å². The molecule has 0 aliphatic heterocycles. The molecule has 2 nitrogen and oxygen atoms in total. The smallest absolute Gasteiger partial charge is 0.110 e. The lowest BCUT2D eigenvalue weighted by Crippen LogP contribution is -2.32. The fourth-order valence-corrected chi connectivity index (χ4v) is 5.51. The Morgan fingerprint density at radius 2 is 1.95 bits per heavy atom. The van der Waals surface area contributed by atoms with E-state index in [1.807, 2.05) is 11.3 Å². The topological polar surface area (TPSA) is 24.9 Å². The zero-order valence-corrected chi connectivity index (χ0v) is 14.1. The van der Waals surface area contributed by atoms with E-state index in [9.17, 15) is 0 Å². The second kappa shape index (κ2) is 6.00. The van der Waals surface area contributed by atoms with Gasteiger partial charge in [0.05, 0.1) is 11.7 Å². The minimum Gasteiger partial charge on any atom is -0.305 e. The summed E-state index contributed by atoms with van der Waals surface area (Å²) in [5, 5.41) is 5.38. The number of thiazole rings is 1. The molecule has 0 radical (unpaired) electrons. The molecule has 21 heavy (non-hydrogen) atoms. The van der Waals surface area contributed by atoms with Crippen LogP contribution in [0, 0.1) is 11.8 Å². The molecular formula is C18H28N2S. The van der Waals surface area contributed by atoms with Crippen LogP contribution >= 0.6 is 11.3 Å². The molecule has 1 aromatic rings. The predicted molar refractivity (Wildman–Crippen MR) is 88.8 cm³/mol. The Hall–Kier alpha value is -0.410. The number of hydrogen-bond acceptors (Lipinski definition) is 3. The summed E-state index contributed by atoms with van der Waals surface area (Å²) in [5.41, 5.74) is 1.44. The molecule has 1 N–H and O–H groups in total. The molecule has 0 bridgehead atoms. The second-order valence-electron chi connectivity index (χ2n) is 7.58. The first-order valence-electron chi connectivity index (χ1n) is 9.04. The molecule has 0 aromatic carbocycles. The van der Waals surface area contributed by atoms with Crippen LogP contribution in [0.15, 0.2) is 0 Å². The van der Waals surface area contributed by atoms with Crippen LogP contribution in [-0.2, 0) is 12.8 Å². The highest BCUT2D eigenvalue weighted by Gasteiger charge is 2.34. The van der Waals surface area contributed by atoms with Crippen molar-refractivity contribution < 1.29 is 0 Å². The molecule has 2 saturated carbocycles. The van der Waals surface area contributed by atoms with Crippen molar-refractivity contribution in [3.63, 3.8) is 0 Å². The summed E-state index contributed by atoms with van der Waals surface area (Å²) in [6, 6.07) is 1.34. The SMILES string of the molecule is CC1CCCC(C(NC2CC2)c2nc3c(s2)CCCC3)C1. The number of nitrogens with one attached hydrogen (secondary N) is 1. The minimum atomic E-state index is 0.552. The van der Waals surface area contributed by atoms with Gasteiger partial charge in [0.15, 0.2) is 0 Å². The van der Waals surface area contributed by atoms with Gasteiger partial charge in [0, 0.05) is 10.9 Å². The van der Waals surface area contributed by atoms with Gasteiger partial charge in [-0.05, 0) is 63.2 Å². The Labute approximate surface area is 132 Å². The maximum absolute atomic E-state index is 5.09. The summed E-state index contributed by atoms with van der Waals surface area (Å²) in [6.45, 7) is 2.44. The van der Waals surface area contributed by atoms with E-state index < -0.39 is 0 Å². The second-order valence-corrected chi connectivity index (χ2v) is 8.69. The van der Waals surface area contributed by atoms with Crippen molar-refractivity contribution in [2.45, 2.75) is 83.2 Å². The largest absolute Gasteiger partial charge is 0.305 e. The standard InChI is InChI=1S/C18H28N2S/c1-12-5-4-6-13(11-12)17(19-14-9-10-14)18-20-15-7-2-3-8-16(15)21-18/h12-14,17,19H,2-11H2,1H3. The van der Waals surface area contributed by atoms with Crippen molar-refractivity contribution in [1.82, 2.24) is 10.3 Å². The molecule has 2 fully saturated rings. The van der Waals surface area contributed by atoms with E-state index in [4.69, 9.17) is 4.98 Å². The minimum absolute atomic E-state index is 0.552. The van der Waals surface area contributed by atoms with Crippen molar-refractivity contribution in [2.75, 3.05) is 0 Å². The molecule has 3 aliphatic rings. The summed E-state index contributed by atoms with van der Waals surface area (Å²) >= 11 is 2.03. The number of nitrogens with zero attached hydrogens (tertiary/aromatic N) is 1. The fraction of sp³-hybridized carbons (Fsp3) is 0.833. The highest BCUT2D eigenvalue weighted by atomic mass is 32.1. The summed E-state index contributed by atoms with van der Waals surface area (Å²) in [7, 11) is 0. The van der Waals surface area contributed by atoms with Crippen LogP contribution in [0.3, 0.4) is 0 Å². The summed E-state index contributed by atoms with van der Waals surface area (Å²) in [6.07, 6.45) is 13.6. The first kappa shape index (κ1) is 14.2. The fourth-order valence-electron chi connectivity index (χ4n) is 4.20. The molecular weight excluding hydrogens is 276 g/mol. The van der Waals surface area contributed by atoms with E-state index >= 15 is 0 Å². The average Bonchev–Trinajstić information content (AvgIpc) is 3.21. The Bertz CT molecular complexity index is 468. The van der Waals surface area contributed by atoms with Crippen LogP contribution in [0.1, 0.15) is 79.9 Å². The molecule has 3 aliphatic carbocycles. The van der Waals surface area contributed by atoms with Gasteiger partial charge in [0.25, 0.3) is 0 Å². The highest BCUT2D eigenvalue weighted by Crippen LogP contribution is 2.41. The van der Waals surface area contributed by atoms with Crippen LogP contribution in [0.4, 0.5) is 0 Å². The van der Waals surface area contributed by atoms with Gasteiger partial charge in [-0.3, -0.25) is 0 Å². The van der Waals surface area contributed by atoms with E-state index in [1.54, 1.807) is 4.88 Å². The van der Waals surface area contributed by atoms with Gasteiger partial charge in [0.1, 0.15) is 5.01 Å². The lowest BCUT2D eigenvalue weighted by molar-refractivity contribution is 0.222. The normalized spacial score (nSPS) is 30.9. The number of rotatable bonds is 4. The Morgan fingerprint density at radius 3 is 2.71 bits per heavy atom. The molecule has 0 spiro atoms. The first-order chi connectivity index (χ1) is 10.3. The Morgan fingerprint density at radius 1 is 1.10 bits per heavy atom. The molecule has 3 unspecified atom stereocenters. The summed E-state index contributed by atoms with van der Waals surface area (Å²) < 4.78 is 0. The van der Waals surface area contributed by atoms with E-state index in [-0.39, 0.29) is 0 Å². The van der Waals surface area contributed by atoms with E-state index in [2.05, 4.69) is 12.2 Å². The van der Waals surface area contributed by atoms with Gasteiger partial charge < -0.3 is 5.32 Å². The summed E-state index contributed by atoms with van der Waals surface area (Å²) in [4.78, 5) is 6.69. The van der Waals surface area contributed by atoms with Crippen molar-refractivity contribution in [3.05, 3.63) is 15.6 Å². The number of hydrogen-bond donors (Lipinski definition) is 1. The van der Waals surface area contributed by atoms with Crippen LogP contribution < -0.4 is 5.32 Å². The van der Waals surface area contributed by atoms with Crippen molar-refractivity contribution >= 4 is 11.3 Å². The highest BCUT2D eigenvalue weighted by molar-refractivity contribution is 7.11. The van der Waals surface area contributed by atoms with Crippen molar-refractivity contribution in [3.8, 4) is 0 Å². The average molecular weight is 305 g/mol. The lowest BCUT2D eigenvalue weighted by Gasteiger charge is -2.33. The summed E-state index contributed by atoms with van der Waals surface area (Å²) in [5.74, 6) is 1.73. The van der Waals surface area contributed by atoms with Crippen molar-refractivity contribution in [1.29, 1.82) is 0 Å². The third-order valence-corrected chi connectivity index (χ3v) is 6.81. The van der Waals surface area contributed by atoms with E-state index in [0.717, 1.165) is 17.9 Å². The quantitative estimate of drug-likeness (QED) is 0.876. The molecule has 3 atom stereocenters. The molecule has 116 valence electrons. The van der Waals surface area contributed by atoms with Crippen LogP contribution in [-0.4, -0.2) is 11.0 Å². The number of aryl methyl sites for hydroxylation is 2. The monoisotopic (exact) mass is 304 g/mol. The number of aromatic nitrogens is 1. The zero-order chi connectivity index (χ0) is 14.2. The third-order valence-electron chi connectivity index (χ3n) is 5.57. The maximum atomic E-state index is 5.09. The lowest BCUT2D eigenvalue weighted by atomic mass is 9.78. The third kappa shape index (κ3) is 3.19. The van der Waals surface area contributed by atoms with E-state index in [0.29, 0.717) is 6.04 Å². The van der Waals surface area contributed by atoms with Crippen LogP contribution in [0.5, 0.6) is 0 Å². The van der Waals surface area contributed by atoms with Gasteiger partial charge in [-0.15, -0.1) is 11.3 Å². The first-order valence-corrected chi connectivity index (χ1v) is 9.86. The molecule has 0 amide bonds. The Balaban J connectivity index is 1.57. The van der Waals surface area contributed by atoms with Crippen molar-refractivity contribution in [2.24, 2.45) is 11.8 Å². The van der Waals surface area contributed by atoms with Gasteiger partial charge >= 0.3 is 0 Å². The van der Waals surface area contributed by atoms with E-state index in [1.165, 1.54) is 74.9 Å². The maximum Gasteiger partial charge on any atom is 0.110 e. The van der Waals surface area contributed by atoms with Crippen LogP contribution in [0.25, 0.3) is 0 Å². The molecule has 0 saturated heterocycles. The molecule has 4 rings (SSSR count). The molecule has 1 aromatic heterocycles.